The van der Waals surface area contributed by atoms with Crippen molar-refractivity contribution in [3.63, 3.8) is 0 Å². The van der Waals surface area contributed by atoms with Gasteiger partial charge >= 0.3 is 0 Å². The highest BCUT2D eigenvalue weighted by molar-refractivity contribution is 7.89. The Labute approximate surface area is 90.8 Å². The van der Waals surface area contributed by atoms with Gasteiger partial charge in [0.2, 0.25) is 10.0 Å². The van der Waals surface area contributed by atoms with Crippen molar-refractivity contribution < 1.29 is 8.42 Å². The van der Waals surface area contributed by atoms with Crippen molar-refractivity contribution in [3.8, 4) is 0 Å². The largest absolute Gasteiger partial charge is 0.260 e. The Bertz CT molecular complexity index is 452. The monoisotopic (exact) mass is 228 g/mol. The Balaban J connectivity index is 3.16. The summed E-state index contributed by atoms with van der Waals surface area (Å²) in [5.74, 6) is 0. The SMILES string of the molecule is Cc1cc(C)c(S(=O)(=O)NC(C)C)cn1. The summed E-state index contributed by atoms with van der Waals surface area (Å²) < 4.78 is 26.2. The van der Waals surface area contributed by atoms with Crippen LogP contribution in [0.1, 0.15) is 25.1 Å². The summed E-state index contributed by atoms with van der Waals surface area (Å²) in [6, 6.07) is 1.64. The van der Waals surface area contributed by atoms with Crippen LogP contribution in [0.3, 0.4) is 0 Å². The summed E-state index contributed by atoms with van der Waals surface area (Å²) in [5.41, 5.74) is 1.53. The van der Waals surface area contributed by atoms with Crippen molar-refractivity contribution in [2.75, 3.05) is 0 Å². The van der Waals surface area contributed by atoms with Crippen molar-refractivity contribution >= 4 is 10.0 Å². The molecule has 84 valence electrons. The summed E-state index contributed by atoms with van der Waals surface area (Å²) in [4.78, 5) is 4.25. The molecule has 1 heterocycles. The first-order valence-corrected chi connectivity index (χ1v) is 6.27. The van der Waals surface area contributed by atoms with Gasteiger partial charge in [-0.3, -0.25) is 4.98 Å². The van der Waals surface area contributed by atoms with Gasteiger partial charge in [-0.05, 0) is 39.3 Å². The van der Waals surface area contributed by atoms with Crippen LogP contribution < -0.4 is 4.72 Å². The third-order valence-electron chi connectivity index (χ3n) is 1.88. The molecule has 0 radical (unpaired) electrons. The van der Waals surface area contributed by atoms with Crippen LogP contribution in [0.5, 0.6) is 0 Å². The fourth-order valence-electron chi connectivity index (χ4n) is 1.34. The van der Waals surface area contributed by atoms with Gasteiger partial charge in [-0.2, -0.15) is 0 Å². The van der Waals surface area contributed by atoms with E-state index in [0.717, 1.165) is 11.3 Å². The van der Waals surface area contributed by atoms with Crippen LogP contribution in [0.25, 0.3) is 0 Å². The number of hydrogen-bond donors (Lipinski definition) is 1. The molecular weight excluding hydrogens is 212 g/mol. The second kappa shape index (κ2) is 4.28. The minimum atomic E-state index is -3.42. The average Bonchev–Trinajstić information content (AvgIpc) is 1.99. The van der Waals surface area contributed by atoms with Gasteiger partial charge < -0.3 is 0 Å². The van der Waals surface area contributed by atoms with Gasteiger partial charge in [0, 0.05) is 17.9 Å². The highest BCUT2D eigenvalue weighted by Gasteiger charge is 2.17. The lowest BCUT2D eigenvalue weighted by Crippen LogP contribution is -2.30. The van der Waals surface area contributed by atoms with Crippen molar-refractivity contribution in [2.24, 2.45) is 0 Å². The number of aromatic nitrogens is 1. The molecule has 1 aromatic rings. The smallest absolute Gasteiger partial charge is 0.242 e. The van der Waals surface area contributed by atoms with E-state index in [-0.39, 0.29) is 10.9 Å². The van der Waals surface area contributed by atoms with E-state index in [2.05, 4.69) is 9.71 Å². The van der Waals surface area contributed by atoms with Gasteiger partial charge in [-0.15, -0.1) is 0 Å². The average molecular weight is 228 g/mol. The number of sulfonamides is 1. The van der Waals surface area contributed by atoms with E-state index in [1.54, 1.807) is 26.8 Å². The number of pyridine rings is 1. The molecule has 0 aliphatic carbocycles. The predicted octanol–water partition coefficient (Wildman–Crippen LogP) is 1.39. The van der Waals surface area contributed by atoms with Crippen LogP contribution in [0.15, 0.2) is 17.2 Å². The highest BCUT2D eigenvalue weighted by atomic mass is 32.2. The first-order chi connectivity index (χ1) is 6.83. The van der Waals surface area contributed by atoms with Crippen LogP contribution in [-0.4, -0.2) is 19.4 Å². The minimum absolute atomic E-state index is 0.115. The molecular formula is C10H16N2O2S. The second-order valence-electron chi connectivity index (χ2n) is 3.87. The van der Waals surface area contributed by atoms with Gasteiger partial charge in [-0.1, -0.05) is 0 Å². The fourth-order valence-corrected chi connectivity index (χ4v) is 2.76. The maximum absolute atomic E-state index is 11.8. The Hall–Kier alpha value is -0.940. The molecule has 0 amide bonds. The molecule has 0 aromatic carbocycles. The predicted molar refractivity (Wildman–Crippen MR) is 59.2 cm³/mol. The molecule has 4 nitrogen and oxygen atoms in total. The van der Waals surface area contributed by atoms with Gasteiger partial charge in [0.15, 0.2) is 0 Å². The molecule has 15 heavy (non-hydrogen) atoms. The Morgan fingerprint density at radius 1 is 1.33 bits per heavy atom. The van der Waals surface area contributed by atoms with Crippen LogP contribution in [0, 0.1) is 13.8 Å². The molecule has 0 aliphatic rings. The third-order valence-corrected chi connectivity index (χ3v) is 3.67. The van der Waals surface area contributed by atoms with Crippen molar-refractivity contribution in [1.29, 1.82) is 0 Å². The maximum Gasteiger partial charge on any atom is 0.242 e. The van der Waals surface area contributed by atoms with Crippen LogP contribution in [0.2, 0.25) is 0 Å². The minimum Gasteiger partial charge on any atom is -0.260 e. The molecule has 0 saturated heterocycles. The number of nitrogens with zero attached hydrogens (tertiary/aromatic N) is 1. The highest BCUT2D eigenvalue weighted by Crippen LogP contribution is 2.14. The molecule has 0 saturated carbocycles. The fraction of sp³-hybridized carbons (Fsp3) is 0.500. The topological polar surface area (TPSA) is 59.1 Å². The van der Waals surface area contributed by atoms with E-state index in [9.17, 15) is 8.42 Å². The molecule has 0 aliphatic heterocycles. The van der Waals surface area contributed by atoms with Crippen LogP contribution >= 0.6 is 0 Å². The molecule has 5 heteroatoms. The van der Waals surface area contributed by atoms with Crippen molar-refractivity contribution in [1.82, 2.24) is 9.71 Å². The standard InChI is InChI=1S/C10H16N2O2S/c1-7(2)12-15(13,14)10-6-11-9(4)5-8(10)3/h5-7,12H,1-4H3. The lowest BCUT2D eigenvalue weighted by Gasteiger charge is -2.11. The van der Waals surface area contributed by atoms with E-state index in [4.69, 9.17) is 0 Å². The number of nitrogens with one attached hydrogen (secondary N) is 1. The van der Waals surface area contributed by atoms with E-state index < -0.39 is 10.0 Å². The molecule has 1 rings (SSSR count). The van der Waals surface area contributed by atoms with Gasteiger partial charge in [0.25, 0.3) is 0 Å². The van der Waals surface area contributed by atoms with E-state index in [1.807, 2.05) is 6.92 Å². The van der Waals surface area contributed by atoms with Gasteiger partial charge in [0.1, 0.15) is 4.90 Å². The molecule has 0 atom stereocenters. The summed E-state index contributed by atoms with van der Waals surface area (Å²) >= 11 is 0. The molecule has 0 fully saturated rings. The van der Waals surface area contributed by atoms with E-state index in [1.165, 1.54) is 6.20 Å². The lowest BCUT2D eigenvalue weighted by atomic mass is 10.2. The normalized spacial score (nSPS) is 12.1. The zero-order chi connectivity index (χ0) is 11.6. The Kier molecular flexibility index (Phi) is 3.46. The van der Waals surface area contributed by atoms with E-state index >= 15 is 0 Å². The molecule has 0 spiro atoms. The number of hydrogen-bond acceptors (Lipinski definition) is 3. The summed E-state index contributed by atoms with van der Waals surface area (Å²) in [7, 11) is -3.42. The molecule has 0 bridgehead atoms. The summed E-state index contributed by atoms with van der Waals surface area (Å²) in [5, 5.41) is 0. The van der Waals surface area contributed by atoms with Crippen LogP contribution in [-0.2, 0) is 10.0 Å². The first kappa shape index (κ1) is 12.1. The second-order valence-corrected chi connectivity index (χ2v) is 5.55. The molecule has 1 N–H and O–H groups in total. The molecule has 1 aromatic heterocycles. The van der Waals surface area contributed by atoms with Crippen LogP contribution in [0.4, 0.5) is 0 Å². The summed E-state index contributed by atoms with van der Waals surface area (Å²) in [6.07, 6.45) is 1.40. The summed E-state index contributed by atoms with van der Waals surface area (Å²) in [6.45, 7) is 7.17. The Morgan fingerprint density at radius 3 is 2.40 bits per heavy atom. The van der Waals surface area contributed by atoms with E-state index in [0.29, 0.717) is 0 Å². The zero-order valence-electron chi connectivity index (χ0n) is 9.40. The third kappa shape index (κ3) is 3.00. The van der Waals surface area contributed by atoms with Crippen molar-refractivity contribution in [3.05, 3.63) is 23.5 Å². The number of rotatable bonds is 3. The van der Waals surface area contributed by atoms with Gasteiger partial charge in [0.05, 0.1) is 0 Å². The Morgan fingerprint density at radius 2 is 1.93 bits per heavy atom. The zero-order valence-corrected chi connectivity index (χ0v) is 10.2. The number of aryl methyl sites for hydroxylation is 2. The quantitative estimate of drug-likeness (QED) is 0.850. The lowest BCUT2D eigenvalue weighted by molar-refractivity contribution is 0.568. The maximum atomic E-state index is 11.8. The molecule has 0 unspecified atom stereocenters. The first-order valence-electron chi connectivity index (χ1n) is 4.78. The van der Waals surface area contributed by atoms with Crippen molar-refractivity contribution in [2.45, 2.75) is 38.6 Å². The van der Waals surface area contributed by atoms with Gasteiger partial charge in [-0.25, -0.2) is 13.1 Å².